The summed E-state index contributed by atoms with van der Waals surface area (Å²) in [6.45, 7) is 13.6. The molecule has 11 rings (SSSR count). The maximum absolute atomic E-state index is 17.3. The molecule has 0 unspecified atom stereocenters. The minimum Gasteiger partial charge on any atom is -0.207 e. The SMILES string of the molecule is Cc1cccc(C)c1[PH+](c1c(C)cccc1C)c1c(C)cccc1C.Fc1ccc2c([B-](c3c(F)c(F)c(F)c4c(F)c(F)ccc34)(c3c(F)c(F)c(F)c4c(F)c(F)ccc34)c3c(F)c(F)c(F)c4c(F)c(F)ccc34)c(F)c(F)c(F)c2c1F. The van der Waals surface area contributed by atoms with Crippen molar-refractivity contribution in [1.29, 1.82) is 0 Å². The van der Waals surface area contributed by atoms with Crippen LogP contribution in [0.4, 0.5) is 87.8 Å². The van der Waals surface area contributed by atoms with Crippen LogP contribution in [0.3, 0.4) is 0 Å². The summed E-state index contributed by atoms with van der Waals surface area (Å²) < 4.78 is 318. The third-order valence-corrected chi connectivity index (χ3v) is 19.7. The van der Waals surface area contributed by atoms with Gasteiger partial charge in [-0.05, 0) is 121 Å². The zero-order chi connectivity index (χ0) is 62.8. The summed E-state index contributed by atoms with van der Waals surface area (Å²) in [6.07, 6.45) is -6.29. The molecule has 11 aromatic rings. The molecule has 0 heterocycles. The minimum absolute atomic E-state index is 0.0220. The first kappa shape index (κ1) is 60.7. The largest absolute Gasteiger partial charge is 0.207 e. The fourth-order valence-corrected chi connectivity index (χ4v) is 15.9. The number of halogens is 20. The van der Waals surface area contributed by atoms with Crippen LogP contribution in [0.5, 0.6) is 0 Å². The third kappa shape index (κ3) is 8.87. The van der Waals surface area contributed by atoms with Crippen LogP contribution in [0.25, 0.3) is 43.1 Å². The number of aryl methyl sites for hydroxylation is 6. The number of rotatable bonds is 7. The minimum atomic E-state index is -6.29. The van der Waals surface area contributed by atoms with Gasteiger partial charge >= 0.3 is 0 Å². The average molecular weight is 1230 g/mol. The molecule has 0 aromatic heterocycles. The van der Waals surface area contributed by atoms with Crippen LogP contribution < -0.4 is 37.8 Å². The van der Waals surface area contributed by atoms with Crippen LogP contribution in [0.1, 0.15) is 33.4 Å². The van der Waals surface area contributed by atoms with E-state index in [2.05, 4.69) is 96.1 Å². The summed E-state index contributed by atoms with van der Waals surface area (Å²) in [5, 5.41) is -11.5. The van der Waals surface area contributed by atoms with Crippen molar-refractivity contribution in [3.05, 3.63) is 253 Å². The lowest BCUT2D eigenvalue weighted by Gasteiger charge is -2.47. The van der Waals surface area contributed by atoms with E-state index in [9.17, 15) is 17.6 Å². The van der Waals surface area contributed by atoms with Gasteiger partial charge in [-0.1, -0.05) is 78.9 Å². The van der Waals surface area contributed by atoms with Gasteiger partial charge in [0.25, 0.3) is 0 Å². The summed E-state index contributed by atoms with van der Waals surface area (Å²) in [4.78, 5) is 0. The summed E-state index contributed by atoms with van der Waals surface area (Å²) >= 11 is 0. The van der Waals surface area contributed by atoms with Crippen molar-refractivity contribution < 1.29 is 87.8 Å². The molecule has 0 nitrogen and oxygen atoms in total. The Hall–Kier alpha value is -8.45. The molecule has 0 radical (unpaired) electrons. The van der Waals surface area contributed by atoms with Crippen molar-refractivity contribution in [2.75, 3.05) is 0 Å². The van der Waals surface area contributed by atoms with E-state index in [0.29, 0.717) is 0 Å². The highest BCUT2D eigenvalue weighted by molar-refractivity contribution is 7.80. The lowest BCUT2D eigenvalue weighted by atomic mass is 9.11. The van der Waals surface area contributed by atoms with E-state index in [4.69, 9.17) is 0 Å². The standard InChI is InChI=1S/C40H8BF20.C24H27P/c42-13-5-1-9-17(25(13)46)29(50)37(58)33(54)21(9)41(22-10-2-6-14(43)26(47)18(10)30(51)38(59)34(22)55,23-11-3-7-15(44)27(48)19(11)31(52)39(60)35(23)56)24-12-4-8-16(45)28(49)20(12)32(53)40(61)36(24)57;1-16-10-7-11-17(2)22(16)25(23-18(3)12-8-13-19(23)4)24-20(5)14-9-15-21(24)6/h1-8H;7-15H,1-6H3/q-1;/p+1. The highest BCUT2D eigenvalue weighted by atomic mass is 31.1. The molecular weight excluding hydrogens is 1190 g/mol. The van der Waals surface area contributed by atoms with Crippen LogP contribution in [0, 0.1) is 158 Å². The maximum atomic E-state index is 17.3. The fraction of sp³-hybridized carbons (Fsp3) is 0.0938. The monoisotopic (exact) mass is 1230 g/mol. The van der Waals surface area contributed by atoms with Gasteiger partial charge in [-0.25, -0.2) is 87.8 Å². The molecule has 86 heavy (non-hydrogen) atoms. The van der Waals surface area contributed by atoms with Gasteiger partial charge in [-0.15, -0.1) is 21.9 Å². The number of hydrogen-bond donors (Lipinski definition) is 0. The van der Waals surface area contributed by atoms with Gasteiger partial charge < -0.3 is 0 Å². The normalized spacial score (nSPS) is 11.9. The number of benzene rings is 11. The van der Waals surface area contributed by atoms with Crippen molar-refractivity contribution in [1.82, 2.24) is 0 Å². The number of hydrogen-bond acceptors (Lipinski definition) is 0. The van der Waals surface area contributed by atoms with E-state index in [-0.39, 0.29) is 48.5 Å². The van der Waals surface area contributed by atoms with E-state index in [1.807, 2.05) is 0 Å². The second-order valence-electron chi connectivity index (χ2n) is 20.6. The molecule has 11 aromatic carbocycles. The van der Waals surface area contributed by atoms with Gasteiger partial charge in [-0.3, -0.25) is 0 Å². The summed E-state index contributed by atoms with van der Waals surface area (Å²) in [6, 6.07) is 19.7. The Morgan fingerprint density at radius 1 is 0.221 bits per heavy atom. The van der Waals surface area contributed by atoms with E-state index in [1.54, 1.807) is 15.9 Å². The molecule has 0 atom stereocenters. The molecule has 0 aliphatic carbocycles. The summed E-state index contributed by atoms with van der Waals surface area (Å²) in [7, 11) is -1.06. The van der Waals surface area contributed by atoms with Gasteiger partial charge in [0.2, 0.25) is 0 Å². The highest BCUT2D eigenvalue weighted by Gasteiger charge is 2.49. The Kier molecular flexibility index (Phi) is 15.6. The van der Waals surface area contributed by atoms with Crippen molar-refractivity contribution in [3.63, 3.8) is 0 Å². The first-order chi connectivity index (χ1) is 40.5. The van der Waals surface area contributed by atoms with E-state index in [0.717, 1.165) is 0 Å². The van der Waals surface area contributed by atoms with Crippen LogP contribution >= 0.6 is 7.92 Å². The maximum Gasteiger partial charge on any atom is 0.191 e. The zero-order valence-corrected chi connectivity index (χ0v) is 46.0. The summed E-state index contributed by atoms with van der Waals surface area (Å²) in [5.41, 5.74) is -1.24. The van der Waals surface area contributed by atoms with Crippen molar-refractivity contribution in [3.8, 4) is 0 Å². The highest BCUT2D eigenvalue weighted by Crippen LogP contribution is 2.42. The Bertz CT molecular complexity index is 4130. The second-order valence-corrected chi connectivity index (χ2v) is 22.8. The van der Waals surface area contributed by atoms with Crippen LogP contribution in [0.2, 0.25) is 0 Å². The molecule has 0 aliphatic rings. The third-order valence-electron chi connectivity index (χ3n) is 15.8. The second kappa shape index (κ2) is 22.1. The zero-order valence-electron chi connectivity index (χ0n) is 45.0. The van der Waals surface area contributed by atoms with Gasteiger partial charge in [0.05, 0.1) is 21.5 Å². The average Bonchev–Trinajstić information content (AvgIpc) is 0.704. The van der Waals surface area contributed by atoms with Crippen molar-refractivity contribution >= 4 is 94.9 Å². The molecule has 0 bridgehead atoms. The first-order valence-electron chi connectivity index (χ1n) is 25.6. The molecule has 0 saturated heterocycles. The molecule has 440 valence electrons. The van der Waals surface area contributed by atoms with Gasteiger partial charge in [0.15, 0.2) is 93.1 Å². The predicted octanol–water partition coefficient (Wildman–Crippen LogP) is 15.5. The molecule has 0 amide bonds. The molecule has 0 saturated carbocycles. The smallest absolute Gasteiger partial charge is 0.191 e. The molecule has 0 fully saturated rings. The van der Waals surface area contributed by atoms with E-state index in [1.165, 1.54) is 33.4 Å². The topological polar surface area (TPSA) is 0 Å². The predicted molar refractivity (Wildman–Crippen MR) is 294 cm³/mol. The lowest BCUT2D eigenvalue weighted by molar-refractivity contribution is 0.448. The first-order valence-corrected chi connectivity index (χ1v) is 27.1. The number of fused-ring (bicyclic) bond motifs is 4. The lowest BCUT2D eigenvalue weighted by Crippen LogP contribution is -2.78. The van der Waals surface area contributed by atoms with Gasteiger partial charge in [0, 0.05) is 0 Å². The van der Waals surface area contributed by atoms with Crippen LogP contribution in [-0.2, 0) is 0 Å². The molecule has 0 aliphatic heterocycles. The molecule has 22 heteroatoms. The Balaban J connectivity index is 0.000000273. The van der Waals surface area contributed by atoms with Gasteiger partial charge in [-0.2, -0.15) is 0 Å². The Morgan fingerprint density at radius 3 is 0.593 bits per heavy atom. The summed E-state index contributed by atoms with van der Waals surface area (Å²) in [5.74, 6) is -54.8. The van der Waals surface area contributed by atoms with Crippen LogP contribution in [-0.4, -0.2) is 6.15 Å². The van der Waals surface area contributed by atoms with Crippen molar-refractivity contribution in [2.45, 2.75) is 41.5 Å². The van der Waals surface area contributed by atoms with Crippen molar-refractivity contribution in [2.24, 2.45) is 0 Å². The van der Waals surface area contributed by atoms with Gasteiger partial charge in [0.1, 0.15) is 53.3 Å². The molecule has 0 N–H and O–H groups in total. The fourth-order valence-electron chi connectivity index (χ4n) is 12.3. The molecular formula is C64H36BF20P. The Labute approximate surface area is 475 Å². The molecule has 0 spiro atoms. The van der Waals surface area contributed by atoms with Crippen LogP contribution in [0.15, 0.2) is 103 Å². The van der Waals surface area contributed by atoms with E-state index < -0.39 is 195 Å². The quantitative estimate of drug-likeness (QED) is 0.0646. The Morgan fingerprint density at radius 2 is 0.407 bits per heavy atom. The van der Waals surface area contributed by atoms with E-state index >= 15 is 70.2 Å².